The van der Waals surface area contributed by atoms with Gasteiger partial charge in [0, 0.05) is 13.0 Å². The van der Waals surface area contributed by atoms with Gasteiger partial charge in [-0.25, -0.2) is 0 Å². The first-order valence-electron chi connectivity index (χ1n) is 10.6. The van der Waals surface area contributed by atoms with Crippen molar-refractivity contribution in [3.8, 4) is 5.75 Å². The van der Waals surface area contributed by atoms with Gasteiger partial charge in [0.15, 0.2) is 6.29 Å². The number of hydrogen-bond donors (Lipinski definition) is 0. The highest BCUT2D eigenvalue weighted by molar-refractivity contribution is 5.27. The lowest BCUT2D eigenvalue weighted by Crippen LogP contribution is -2.46. The fourth-order valence-electron chi connectivity index (χ4n) is 6.34. The summed E-state index contributed by atoms with van der Waals surface area (Å²) in [6.07, 6.45) is 12.3. The van der Waals surface area contributed by atoms with Crippen molar-refractivity contribution in [3.63, 3.8) is 0 Å². The van der Waals surface area contributed by atoms with Gasteiger partial charge >= 0.3 is 0 Å². The molecule has 4 aliphatic rings. The van der Waals surface area contributed by atoms with Crippen LogP contribution in [0.2, 0.25) is 0 Å². The Balaban J connectivity index is 1.36. The Morgan fingerprint density at radius 1 is 0.960 bits per heavy atom. The largest absolute Gasteiger partial charge is 0.465 e. The van der Waals surface area contributed by atoms with E-state index in [9.17, 15) is 0 Å². The first-order chi connectivity index (χ1) is 12.2. The maximum absolute atomic E-state index is 6.20. The molecular formula is C23H34O2. The molecule has 0 N–H and O–H groups in total. The summed E-state index contributed by atoms with van der Waals surface area (Å²) in [5.41, 5.74) is 1.97. The highest BCUT2D eigenvalue weighted by Crippen LogP contribution is 2.61. The number of benzene rings is 1. The van der Waals surface area contributed by atoms with Crippen LogP contribution in [0.15, 0.2) is 24.3 Å². The number of hydrogen-bond acceptors (Lipinski definition) is 2. The van der Waals surface area contributed by atoms with Gasteiger partial charge in [0.25, 0.3) is 0 Å². The molecule has 0 spiro atoms. The summed E-state index contributed by atoms with van der Waals surface area (Å²) in [4.78, 5) is 0. The summed E-state index contributed by atoms with van der Waals surface area (Å²) in [6, 6.07) is 8.51. The SMILES string of the molecule is CCOC(CCC12CC3CC(CC(C3)C1)C2)Oc1ccc(CC)cc1. The highest BCUT2D eigenvalue weighted by atomic mass is 16.7. The number of aryl methyl sites for hydroxylation is 1. The molecule has 5 rings (SSSR count). The first kappa shape index (κ1) is 17.4. The fraction of sp³-hybridized carbons (Fsp3) is 0.739. The summed E-state index contributed by atoms with van der Waals surface area (Å²) in [7, 11) is 0. The van der Waals surface area contributed by atoms with Crippen molar-refractivity contribution >= 4 is 0 Å². The minimum absolute atomic E-state index is 0.0921. The Bertz CT molecular complexity index is 527. The Morgan fingerprint density at radius 3 is 2.08 bits per heavy atom. The van der Waals surface area contributed by atoms with Gasteiger partial charge in [0.1, 0.15) is 5.75 Å². The van der Waals surface area contributed by atoms with Crippen molar-refractivity contribution in [3.05, 3.63) is 29.8 Å². The lowest BCUT2D eigenvalue weighted by Gasteiger charge is -2.57. The van der Waals surface area contributed by atoms with E-state index in [0.29, 0.717) is 5.41 Å². The van der Waals surface area contributed by atoms with Crippen LogP contribution in [0.5, 0.6) is 5.75 Å². The zero-order chi connectivity index (χ0) is 17.3. The molecule has 4 bridgehead atoms. The fourth-order valence-corrected chi connectivity index (χ4v) is 6.34. The smallest absolute Gasteiger partial charge is 0.199 e. The molecule has 1 aromatic carbocycles. The minimum Gasteiger partial charge on any atom is -0.465 e. The second-order valence-corrected chi connectivity index (χ2v) is 8.96. The van der Waals surface area contributed by atoms with Crippen LogP contribution in [0, 0.1) is 23.2 Å². The van der Waals surface area contributed by atoms with Gasteiger partial charge in [-0.05, 0) is 99.2 Å². The molecule has 1 atom stereocenters. The van der Waals surface area contributed by atoms with Crippen molar-refractivity contribution in [2.75, 3.05) is 6.61 Å². The van der Waals surface area contributed by atoms with Crippen LogP contribution >= 0.6 is 0 Å². The van der Waals surface area contributed by atoms with Crippen molar-refractivity contribution in [2.45, 2.75) is 77.9 Å². The van der Waals surface area contributed by atoms with Crippen LogP contribution in [0.1, 0.15) is 70.8 Å². The van der Waals surface area contributed by atoms with E-state index in [1.807, 2.05) is 0 Å². The predicted octanol–water partition coefficient (Wildman–Crippen LogP) is 5.99. The quantitative estimate of drug-likeness (QED) is 0.540. The molecule has 0 heterocycles. The van der Waals surface area contributed by atoms with E-state index in [1.54, 1.807) is 0 Å². The third kappa shape index (κ3) is 3.89. The van der Waals surface area contributed by atoms with E-state index >= 15 is 0 Å². The van der Waals surface area contributed by atoms with Crippen molar-refractivity contribution in [1.82, 2.24) is 0 Å². The third-order valence-electron chi connectivity index (χ3n) is 7.03. The van der Waals surface area contributed by atoms with Crippen molar-refractivity contribution in [1.29, 1.82) is 0 Å². The Kier molecular flexibility index (Phi) is 5.08. The van der Waals surface area contributed by atoms with Gasteiger partial charge in [-0.2, -0.15) is 0 Å². The molecule has 0 radical (unpaired) electrons. The van der Waals surface area contributed by atoms with Crippen LogP contribution < -0.4 is 4.74 Å². The molecule has 25 heavy (non-hydrogen) atoms. The average molecular weight is 343 g/mol. The van der Waals surface area contributed by atoms with Gasteiger partial charge in [-0.3, -0.25) is 0 Å². The van der Waals surface area contributed by atoms with Gasteiger partial charge < -0.3 is 9.47 Å². The van der Waals surface area contributed by atoms with Gasteiger partial charge in [-0.15, -0.1) is 0 Å². The average Bonchev–Trinajstić information content (AvgIpc) is 2.59. The van der Waals surface area contributed by atoms with Crippen LogP contribution in [0.25, 0.3) is 0 Å². The molecular weight excluding hydrogens is 308 g/mol. The summed E-state index contributed by atoms with van der Waals surface area (Å²) in [6.45, 7) is 4.98. The molecule has 0 aliphatic heterocycles. The first-order valence-corrected chi connectivity index (χ1v) is 10.6. The molecule has 0 aromatic heterocycles. The molecule has 138 valence electrons. The van der Waals surface area contributed by atoms with Crippen LogP contribution in [0.3, 0.4) is 0 Å². The van der Waals surface area contributed by atoms with Gasteiger partial charge in [0.05, 0.1) is 0 Å². The maximum atomic E-state index is 6.20. The van der Waals surface area contributed by atoms with E-state index < -0.39 is 0 Å². The van der Waals surface area contributed by atoms with E-state index in [2.05, 4.69) is 38.1 Å². The van der Waals surface area contributed by atoms with Gasteiger partial charge in [0.2, 0.25) is 0 Å². The Morgan fingerprint density at radius 2 is 1.56 bits per heavy atom. The summed E-state index contributed by atoms with van der Waals surface area (Å²) in [5, 5.41) is 0. The van der Waals surface area contributed by atoms with E-state index in [0.717, 1.165) is 43.0 Å². The van der Waals surface area contributed by atoms with Crippen LogP contribution in [-0.4, -0.2) is 12.9 Å². The molecule has 4 aliphatic carbocycles. The van der Waals surface area contributed by atoms with Crippen molar-refractivity contribution < 1.29 is 9.47 Å². The normalized spacial score (nSPS) is 34.2. The molecule has 0 saturated heterocycles. The zero-order valence-corrected chi connectivity index (χ0v) is 16.0. The monoisotopic (exact) mass is 342 g/mol. The summed E-state index contributed by atoms with van der Waals surface area (Å²) < 4.78 is 12.1. The zero-order valence-electron chi connectivity index (χ0n) is 16.0. The van der Waals surface area contributed by atoms with Crippen molar-refractivity contribution in [2.24, 2.45) is 23.2 Å². The lowest BCUT2D eigenvalue weighted by molar-refractivity contribution is -0.106. The topological polar surface area (TPSA) is 18.5 Å². The molecule has 4 saturated carbocycles. The Labute approximate surface area is 153 Å². The molecule has 2 heteroatoms. The Hall–Kier alpha value is -1.02. The highest BCUT2D eigenvalue weighted by Gasteiger charge is 2.50. The van der Waals surface area contributed by atoms with E-state index in [-0.39, 0.29) is 6.29 Å². The van der Waals surface area contributed by atoms with Gasteiger partial charge in [-0.1, -0.05) is 19.1 Å². The summed E-state index contributed by atoms with van der Waals surface area (Å²) >= 11 is 0. The standard InChI is InChI=1S/C23H34O2/c1-3-17-5-7-21(8-6-17)25-22(24-4-2)9-10-23-14-18-11-19(15-23)13-20(12-18)16-23/h5-8,18-20,22H,3-4,9-16H2,1-2H3. The molecule has 1 unspecified atom stereocenters. The molecule has 1 aromatic rings. The molecule has 0 amide bonds. The maximum Gasteiger partial charge on any atom is 0.199 e. The number of rotatable bonds is 8. The van der Waals surface area contributed by atoms with E-state index in [4.69, 9.17) is 9.47 Å². The molecule has 2 nitrogen and oxygen atoms in total. The molecule has 4 fully saturated rings. The van der Waals surface area contributed by atoms with Crippen LogP contribution in [-0.2, 0) is 11.2 Å². The predicted molar refractivity (Wildman–Crippen MR) is 102 cm³/mol. The van der Waals surface area contributed by atoms with Crippen LogP contribution in [0.4, 0.5) is 0 Å². The van der Waals surface area contributed by atoms with E-state index in [1.165, 1.54) is 50.5 Å². The lowest BCUT2D eigenvalue weighted by atomic mass is 9.48. The second-order valence-electron chi connectivity index (χ2n) is 8.96. The third-order valence-corrected chi connectivity index (χ3v) is 7.03. The summed E-state index contributed by atoms with van der Waals surface area (Å²) in [5.74, 6) is 4.03. The second kappa shape index (κ2) is 7.31. The number of ether oxygens (including phenoxy) is 2. The minimum atomic E-state index is -0.0921.